The van der Waals surface area contributed by atoms with Crippen molar-refractivity contribution in [3.05, 3.63) is 30.5 Å². The quantitative estimate of drug-likeness (QED) is 0.880. The van der Waals surface area contributed by atoms with Gasteiger partial charge in [-0.05, 0) is 44.5 Å². The van der Waals surface area contributed by atoms with E-state index in [9.17, 15) is 4.79 Å². The number of amides is 1. The van der Waals surface area contributed by atoms with Crippen LogP contribution in [0.2, 0.25) is 0 Å². The first kappa shape index (κ1) is 14.4. The second kappa shape index (κ2) is 6.46. The van der Waals surface area contributed by atoms with Crippen LogP contribution in [0.4, 0.5) is 0 Å². The number of nitrogens with one attached hydrogen (secondary N) is 1. The molecular formula is C16H22N2O2. The van der Waals surface area contributed by atoms with E-state index in [1.54, 1.807) is 7.05 Å². The van der Waals surface area contributed by atoms with E-state index in [1.165, 1.54) is 10.9 Å². The van der Waals surface area contributed by atoms with Crippen molar-refractivity contribution in [2.45, 2.75) is 39.3 Å². The number of hydrogen-bond acceptors (Lipinski definition) is 2. The Kier molecular flexibility index (Phi) is 4.66. The summed E-state index contributed by atoms with van der Waals surface area (Å²) in [5.74, 6) is 0.990. The average molecular weight is 274 g/mol. The van der Waals surface area contributed by atoms with Crippen molar-refractivity contribution in [3.8, 4) is 5.75 Å². The first-order valence-electron chi connectivity index (χ1n) is 7.06. The zero-order valence-electron chi connectivity index (χ0n) is 12.3. The van der Waals surface area contributed by atoms with Crippen molar-refractivity contribution in [1.82, 2.24) is 9.88 Å². The Morgan fingerprint density at radius 1 is 1.35 bits per heavy atom. The second-order valence-electron chi connectivity index (χ2n) is 5.17. The van der Waals surface area contributed by atoms with Gasteiger partial charge in [0.05, 0.1) is 6.10 Å². The highest BCUT2D eigenvalue weighted by molar-refractivity contribution is 5.81. The summed E-state index contributed by atoms with van der Waals surface area (Å²) in [5, 5.41) is 3.81. The molecule has 0 fully saturated rings. The number of aromatic nitrogens is 1. The van der Waals surface area contributed by atoms with Gasteiger partial charge in [0.1, 0.15) is 5.75 Å². The van der Waals surface area contributed by atoms with Crippen LogP contribution in [0.3, 0.4) is 0 Å². The molecule has 2 rings (SSSR count). The zero-order valence-corrected chi connectivity index (χ0v) is 12.3. The fourth-order valence-electron chi connectivity index (χ4n) is 2.25. The molecule has 0 saturated carbocycles. The van der Waals surface area contributed by atoms with E-state index in [0.717, 1.165) is 18.7 Å². The lowest BCUT2D eigenvalue weighted by molar-refractivity contribution is -0.120. The lowest BCUT2D eigenvalue weighted by Gasteiger charge is -2.10. The Balaban J connectivity index is 2.06. The van der Waals surface area contributed by atoms with Gasteiger partial charge in [0.2, 0.25) is 5.91 Å². The zero-order chi connectivity index (χ0) is 14.5. The third-order valence-corrected chi connectivity index (χ3v) is 3.20. The predicted molar refractivity (Wildman–Crippen MR) is 81.0 cm³/mol. The van der Waals surface area contributed by atoms with Crippen LogP contribution < -0.4 is 10.1 Å². The maximum atomic E-state index is 11.2. The number of carbonyl (C=O) groups is 1. The molecule has 4 nitrogen and oxygen atoms in total. The van der Waals surface area contributed by atoms with Crippen molar-refractivity contribution < 1.29 is 9.53 Å². The Bertz CT molecular complexity index is 587. The smallest absolute Gasteiger partial charge is 0.219 e. The number of nitrogens with zero attached hydrogens (tertiary/aromatic N) is 1. The van der Waals surface area contributed by atoms with Crippen molar-refractivity contribution in [1.29, 1.82) is 0 Å². The minimum atomic E-state index is 0.0917. The molecule has 1 heterocycles. The topological polar surface area (TPSA) is 43.3 Å². The van der Waals surface area contributed by atoms with Gasteiger partial charge in [-0.2, -0.15) is 0 Å². The van der Waals surface area contributed by atoms with Crippen LogP contribution in [0.5, 0.6) is 5.75 Å². The van der Waals surface area contributed by atoms with E-state index in [2.05, 4.69) is 34.3 Å². The number of hydrogen-bond donors (Lipinski definition) is 1. The maximum Gasteiger partial charge on any atom is 0.219 e. The minimum Gasteiger partial charge on any atom is -0.491 e. The molecule has 1 aromatic heterocycles. The summed E-state index contributed by atoms with van der Waals surface area (Å²) in [7, 11) is 1.67. The number of benzene rings is 1. The standard InChI is InChI=1S/C16H22N2O2/c1-12(2)20-14-6-7-15-13(11-14)8-10-18(15)9-4-5-16(19)17-3/h6-8,10-12H,4-5,9H2,1-3H3,(H,17,19). The third-order valence-electron chi connectivity index (χ3n) is 3.20. The van der Waals surface area contributed by atoms with E-state index in [0.29, 0.717) is 6.42 Å². The van der Waals surface area contributed by atoms with E-state index in [1.807, 2.05) is 19.9 Å². The fraction of sp³-hybridized carbons (Fsp3) is 0.438. The Morgan fingerprint density at radius 2 is 2.15 bits per heavy atom. The molecule has 1 aromatic carbocycles. The molecule has 2 aromatic rings. The molecule has 108 valence electrons. The SMILES string of the molecule is CNC(=O)CCCn1ccc2cc(OC(C)C)ccc21. The fourth-order valence-corrected chi connectivity index (χ4v) is 2.25. The molecule has 0 aliphatic heterocycles. The van der Waals surface area contributed by atoms with Crippen LogP contribution >= 0.6 is 0 Å². The summed E-state index contributed by atoms with van der Waals surface area (Å²) >= 11 is 0. The van der Waals surface area contributed by atoms with Crippen molar-refractivity contribution in [2.75, 3.05) is 7.05 Å². The molecular weight excluding hydrogens is 252 g/mol. The van der Waals surface area contributed by atoms with Crippen LogP contribution in [-0.4, -0.2) is 23.6 Å². The van der Waals surface area contributed by atoms with Gasteiger partial charge in [-0.3, -0.25) is 4.79 Å². The van der Waals surface area contributed by atoms with E-state index < -0.39 is 0 Å². The predicted octanol–water partition coefficient (Wildman–Crippen LogP) is 2.95. The minimum absolute atomic E-state index is 0.0917. The highest BCUT2D eigenvalue weighted by Gasteiger charge is 2.05. The molecule has 0 spiro atoms. The van der Waals surface area contributed by atoms with Crippen molar-refractivity contribution in [2.24, 2.45) is 0 Å². The van der Waals surface area contributed by atoms with Crippen molar-refractivity contribution >= 4 is 16.8 Å². The van der Waals surface area contributed by atoms with Crippen molar-refractivity contribution in [3.63, 3.8) is 0 Å². The van der Waals surface area contributed by atoms with E-state index in [4.69, 9.17) is 4.74 Å². The number of fused-ring (bicyclic) bond motifs is 1. The van der Waals surface area contributed by atoms with Gasteiger partial charge in [-0.25, -0.2) is 0 Å². The van der Waals surface area contributed by atoms with E-state index in [-0.39, 0.29) is 12.0 Å². The summed E-state index contributed by atoms with van der Waals surface area (Å²) in [6, 6.07) is 8.22. The lowest BCUT2D eigenvalue weighted by atomic mass is 10.2. The third kappa shape index (κ3) is 3.53. The molecule has 20 heavy (non-hydrogen) atoms. The van der Waals surface area contributed by atoms with Crippen LogP contribution in [0, 0.1) is 0 Å². The maximum absolute atomic E-state index is 11.2. The van der Waals surface area contributed by atoms with Gasteiger partial charge in [-0.1, -0.05) is 0 Å². The van der Waals surface area contributed by atoms with Gasteiger partial charge in [0, 0.05) is 37.1 Å². The first-order chi connectivity index (χ1) is 9.60. The highest BCUT2D eigenvalue weighted by atomic mass is 16.5. The monoisotopic (exact) mass is 274 g/mol. The largest absolute Gasteiger partial charge is 0.491 e. The van der Waals surface area contributed by atoms with Crippen LogP contribution in [0.25, 0.3) is 10.9 Å². The number of ether oxygens (including phenoxy) is 1. The Hall–Kier alpha value is -1.97. The Labute approximate surface area is 119 Å². The summed E-state index contributed by atoms with van der Waals surface area (Å²) in [5.41, 5.74) is 1.18. The number of rotatable bonds is 6. The van der Waals surface area contributed by atoms with Crippen LogP contribution in [0.15, 0.2) is 30.5 Å². The molecule has 0 radical (unpaired) electrons. The molecule has 0 unspecified atom stereocenters. The first-order valence-corrected chi connectivity index (χ1v) is 7.06. The van der Waals surface area contributed by atoms with Gasteiger partial charge >= 0.3 is 0 Å². The summed E-state index contributed by atoms with van der Waals surface area (Å²) < 4.78 is 7.87. The molecule has 4 heteroatoms. The summed E-state index contributed by atoms with van der Waals surface area (Å²) in [4.78, 5) is 11.2. The molecule has 0 atom stereocenters. The van der Waals surface area contributed by atoms with E-state index >= 15 is 0 Å². The van der Waals surface area contributed by atoms with Crippen LogP contribution in [-0.2, 0) is 11.3 Å². The second-order valence-corrected chi connectivity index (χ2v) is 5.17. The normalized spacial score (nSPS) is 11.0. The number of carbonyl (C=O) groups excluding carboxylic acids is 1. The summed E-state index contributed by atoms with van der Waals surface area (Å²) in [6.07, 6.45) is 3.65. The molecule has 1 N–H and O–H groups in total. The Morgan fingerprint density at radius 3 is 2.85 bits per heavy atom. The number of aryl methyl sites for hydroxylation is 1. The molecule has 0 bridgehead atoms. The van der Waals surface area contributed by atoms with Gasteiger partial charge in [-0.15, -0.1) is 0 Å². The average Bonchev–Trinajstić information content (AvgIpc) is 2.80. The molecule has 0 saturated heterocycles. The molecule has 1 amide bonds. The van der Waals surface area contributed by atoms with Gasteiger partial charge in [0.25, 0.3) is 0 Å². The molecule has 0 aliphatic carbocycles. The van der Waals surface area contributed by atoms with Gasteiger partial charge in [0.15, 0.2) is 0 Å². The summed E-state index contributed by atoms with van der Waals surface area (Å²) in [6.45, 7) is 4.89. The van der Waals surface area contributed by atoms with Gasteiger partial charge < -0.3 is 14.6 Å². The van der Waals surface area contributed by atoms with Crippen LogP contribution in [0.1, 0.15) is 26.7 Å². The molecule has 0 aliphatic rings. The lowest BCUT2D eigenvalue weighted by Crippen LogP contribution is -2.17. The highest BCUT2D eigenvalue weighted by Crippen LogP contribution is 2.23.